The summed E-state index contributed by atoms with van der Waals surface area (Å²) in [5, 5.41) is 13.9. The topological polar surface area (TPSA) is 187 Å². The van der Waals surface area contributed by atoms with Crippen LogP contribution in [0.3, 0.4) is 0 Å². The molecule has 0 bridgehead atoms. The van der Waals surface area contributed by atoms with Crippen LogP contribution in [0, 0.1) is 0 Å². The first kappa shape index (κ1) is 21.6. The minimum absolute atomic E-state index is 0.0199. The zero-order valence-corrected chi connectivity index (χ0v) is 15.6. The molecule has 4 N–H and O–H groups in total. The summed E-state index contributed by atoms with van der Waals surface area (Å²) in [6.45, 7) is 4.80. The molecule has 0 aliphatic carbocycles. The SMILES string of the molecule is CC(C)OC(=O)[C@@H](C)NOC[C@H]1O[C@@H](n2ccc(N)nc2=O)[C@H](N=[N+]=[N-])[C@@H]1O. The molecule has 1 aliphatic rings. The number of anilines is 1. The lowest BCUT2D eigenvalue weighted by Gasteiger charge is -2.18. The molecule has 0 spiro atoms. The molecule has 13 heteroatoms. The fourth-order valence-corrected chi connectivity index (χ4v) is 2.54. The number of azide groups is 1. The second-order valence-corrected chi connectivity index (χ2v) is 6.43. The molecule has 0 radical (unpaired) electrons. The standard InChI is InChI=1S/C15H23N7O6/c1-7(2)27-14(24)8(3)20-26-6-9-12(23)11(19-21-17)13(28-9)22-5-4-10(16)18-15(22)25/h4-5,7-9,11-13,20,23H,6H2,1-3H3,(H2,16,18,25)/t8-,9-,11-,12-,13-/m1/s1. The summed E-state index contributed by atoms with van der Waals surface area (Å²) in [6, 6.07) is -0.476. The van der Waals surface area contributed by atoms with Gasteiger partial charge in [-0.1, -0.05) is 5.11 Å². The van der Waals surface area contributed by atoms with Crippen molar-refractivity contribution in [1.29, 1.82) is 0 Å². The number of hydrogen-bond acceptors (Lipinski definition) is 10. The van der Waals surface area contributed by atoms with Crippen LogP contribution in [0.1, 0.15) is 27.0 Å². The van der Waals surface area contributed by atoms with Crippen LogP contribution in [0.4, 0.5) is 5.82 Å². The second kappa shape index (κ2) is 9.48. The molecule has 28 heavy (non-hydrogen) atoms. The van der Waals surface area contributed by atoms with E-state index in [9.17, 15) is 14.7 Å². The van der Waals surface area contributed by atoms with Crippen molar-refractivity contribution in [3.8, 4) is 0 Å². The first-order chi connectivity index (χ1) is 13.2. The van der Waals surface area contributed by atoms with Gasteiger partial charge in [0.2, 0.25) is 0 Å². The van der Waals surface area contributed by atoms with Gasteiger partial charge in [0.05, 0.1) is 18.8 Å². The molecular formula is C15H23N7O6. The lowest BCUT2D eigenvalue weighted by Crippen LogP contribution is -2.40. The van der Waals surface area contributed by atoms with Crippen molar-refractivity contribution >= 4 is 11.8 Å². The number of nitrogen functional groups attached to an aromatic ring is 1. The molecule has 2 heterocycles. The van der Waals surface area contributed by atoms with Crippen LogP contribution in [0.25, 0.3) is 10.4 Å². The number of ether oxygens (including phenoxy) is 2. The van der Waals surface area contributed by atoms with Crippen molar-refractivity contribution in [1.82, 2.24) is 15.0 Å². The number of nitrogens with zero attached hydrogens (tertiary/aromatic N) is 5. The van der Waals surface area contributed by atoms with Gasteiger partial charge in [0.1, 0.15) is 30.2 Å². The molecule has 0 amide bonds. The largest absolute Gasteiger partial charge is 0.462 e. The molecule has 1 saturated heterocycles. The highest BCUT2D eigenvalue weighted by Crippen LogP contribution is 2.31. The van der Waals surface area contributed by atoms with E-state index in [4.69, 9.17) is 25.6 Å². The molecule has 154 valence electrons. The average Bonchev–Trinajstić information content (AvgIpc) is 2.91. The fraction of sp³-hybridized carbons (Fsp3) is 0.667. The Balaban J connectivity index is 2.03. The predicted octanol–water partition coefficient (Wildman–Crippen LogP) is -0.376. The van der Waals surface area contributed by atoms with Crippen LogP contribution in [-0.2, 0) is 19.1 Å². The van der Waals surface area contributed by atoms with Gasteiger partial charge in [0, 0.05) is 11.1 Å². The van der Waals surface area contributed by atoms with E-state index < -0.39 is 42.2 Å². The van der Waals surface area contributed by atoms with Crippen molar-refractivity contribution in [2.75, 3.05) is 12.3 Å². The van der Waals surface area contributed by atoms with E-state index in [1.54, 1.807) is 20.8 Å². The number of carbonyl (C=O) groups excluding carboxylic acids is 1. The van der Waals surface area contributed by atoms with Gasteiger partial charge in [-0.3, -0.25) is 14.2 Å². The van der Waals surface area contributed by atoms with Gasteiger partial charge in [-0.2, -0.15) is 10.5 Å². The number of hydrogen-bond donors (Lipinski definition) is 3. The van der Waals surface area contributed by atoms with Crippen molar-refractivity contribution < 1.29 is 24.2 Å². The smallest absolute Gasteiger partial charge is 0.351 e. The molecule has 5 atom stereocenters. The maximum Gasteiger partial charge on any atom is 0.351 e. The van der Waals surface area contributed by atoms with Gasteiger partial charge in [0.15, 0.2) is 0 Å². The summed E-state index contributed by atoms with van der Waals surface area (Å²) in [5.74, 6) is -0.487. The Morgan fingerprint density at radius 2 is 2.29 bits per heavy atom. The van der Waals surface area contributed by atoms with Gasteiger partial charge < -0.3 is 20.3 Å². The van der Waals surface area contributed by atoms with Crippen LogP contribution in [0.15, 0.2) is 22.2 Å². The maximum atomic E-state index is 12.0. The molecule has 1 aliphatic heterocycles. The summed E-state index contributed by atoms with van der Waals surface area (Å²) in [7, 11) is 0. The minimum atomic E-state index is -1.26. The fourth-order valence-electron chi connectivity index (χ4n) is 2.54. The number of aliphatic hydroxyl groups is 1. The number of hydroxylamine groups is 1. The molecule has 1 aromatic rings. The first-order valence-corrected chi connectivity index (χ1v) is 8.54. The Bertz CT molecular complexity index is 793. The highest BCUT2D eigenvalue weighted by molar-refractivity contribution is 5.75. The predicted molar refractivity (Wildman–Crippen MR) is 95.5 cm³/mol. The summed E-state index contributed by atoms with van der Waals surface area (Å²) in [6.07, 6.45) is -2.24. The van der Waals surface area contributed by atoms with Crippen LogP contribution in [-0.4, -0.2) is 57.6 Å². The number of rotatable bonds is 8. The van der Waals surface area contributed by atoms with Crippen molar-refractivity contribution in [2.24, 2.45) is 5.11 Å². The van der Waals surface area contributed by atoms with E-state index in [0.29, 0.717) is 0 Å². The Morgan fingerprint density at radius 1 is 1.57 bits per heavy atom. The molecule has 0 saturated carbocycles. The third-order valence-electron chi connectivity index (χ3n) is 3.86. The maximum absolute atomic E-state index is 12.0. The Hall–Kier alpha value is -2.70. The van der Waals surface area contributed by atoms with Crippen LogP contribution < -0.4 is 16.9 Å². The number of nitrogens with one attached hydrogen (secondary N) is 1. The number of carbonyl (C=O) groups is 1. The molecule has 0 unspecified atom stereocenters. The monoisotopic (exact) mass is 397 g/mol. The van der Waals surface area contributed by atoms with Crippen LogP contribution in [0.2, 0.25) is 0 Å². The number of aliphatic hydroxyl groups excluding tert-OH is 1. The number of nitrogens with two attached hydrogens (primary N) is 1. The van der Waals surface area contributed by atoms with Gasteiger partial charge in [-0.05, 0) is 32.4 Å². The van der Waals surface area contributed by atoms with Gasteiger partial charge in [0.25, 0.3) is 0 Å². The summed E-state index contributed by atoms with van der Waals surface area (Å²) in [5.41, 5.74) is 16.0. The molecule has 2 rings (SSSR count). The van der Waals surface area contributed by atoms with E-state index in [1.165, 1.54) is 12.3 Å². The van der Waals surface area contributed by atoms with Crippen molar-refractivity contribution in [2.45, 2.75) is 57.4 Å². The van der Waals surface area contributed by atoms with Gasteiger partial charge in [-0.25, -0.2) is 4.79 Å². The van der Waals surface area contributed by atoms with Crippen molar-refractivity contribution in [3.63, 3.8) is 0 Å². The molecule has 1 fully saturated rings. The zero-order valence-electron chi connectivity index (χ0n) is 15.6. The number of aromatic nitrogens is 2. The molecule has 0 aromatic carbocycles. The Kier molecular flexibility index (Phi) is 7.31. The Morgan fingerprint density at radius 3 is 2.89 bits per heavy atom. The number of esters is 1. The molecular weight excluding hydrogens is 374 g/mol. The molecule has 13 nitrogen and oxygen atoms in total. The normalized spacial score (nSPS) is 25.3. The van der Waals surface area contributed by atoms with Gasteiger partial charge in [-0.15, -0.1) is 0 Å². The summed E-state index contributed by atoms with van der Waals surface area (Å²) in [4.78, 5) is 35.3. The average molecular weight is 397 g/mol. The van der Waals surface area contributed by atoms with Crippen LogP contribution >= 0.6 is 0 Å². The summed E-state index contributed by atoms with van der Waals surface area (Å²) < 4.78 is 11.7. The van der Waals surface area contributed by atoms with Crippen molar-refractivity contribution in [3.05, 3.63) is 33.2 Å². The van der Waals surface area contributed by atoms with E-state index in [1.807, 2.05) is 0 Å². The quantitative estimate of drug-likeness (QED) is 0.173. The Labute approximate surface area is 160 Å². The lowest BCUT2D eigenvalue weighted by molar-refractivity contribution is -0.156. The zero-order chi connectivity index (χ0) is 20.8. The molecule has 1 aromatic heterocycles. The first-order valence-electron chi connectivity index (χ1n) is 8.54. The lowest BCUT2D eigenvalue weighted by atomic mass is 10.1. The third kappa shape index (κ3) is 5.18. The van der Waals surface area contributed by atoms with E-state index >= 15 is 0 Å². The highest BCUT2D eigenvalue weighted by atomic mass is 16.7. The van der Waals surface area contributed by atoms with E-state index in [-0.39, 0.29) is 18.5 Å². The third-order valence-corrected chi connectivity index (χ3v) is 3.86. The highest BCUT2D eigenvalue weighted by Gasteiger charge is 2.45. The minimum Gasteiger partial charge on any atom is -0.462 e. The van der Waals surface area contributed by atoms with E-state index in [2.05, 4.69) is 20.5 Å². The summed E-state index contributed by atoms with van der Waals surface area (Å²) >= 11 is 0. The second-order valence-electron chi connectivity index (χ2n) is 6.43. The van der Waals surface area contributed by atoms with Crippen LogP contribution in [0.5, 0.6) is 0 Å². The van der Waals surface area contributed by atoms with E-state index in [0.717, 1.165) is 4.57 Å². The van der Waals surface area contributed by atoms with Gasteiger partial charge >= 0.3 is 11.7 Å².